The summed E-state index contributed by atoms with van der Waals surface area (Å²) in [7, 11) is 0. The van der Waals surface area contributed by atoms with Gasteiger partial charge in [0.25, 0.3) is 0 Å². The molecule has 33 heavy (non-hydrogen) atoms. The van der Waals surface area contributed by atoms with Crippen LogP contribution in [0.2, 0.25) is 0 Å². The Morgan fingerprint density at radius 1 is 0.848 bits per heavy atom. The zero-order valence-corrected chi connectivity index (χ0v) is 19.2. The van der Waals surface area contributed by atoms with E-state index < -0.39 is 36.0 Å². The minimum Gasteiger partial charge on any atom is -0.489 e. The number of benzene rings is 2. The third kappa shape index (κ3) is 8.94. The first-order valence-electron chi connectivity index (χ1n) is 10.9. The molecule has 0 aliphatic rings. The molecule has 0 unspecified atom stereocenters. The highest BCUT2D eigenvalue weighted by Crippen LogP contribution is 2.16. The van der Waals surface area contributed by atoms with Crippen LogP contribution in [0.15, 0.2) is 54.6 Å². The van der Waals surface area contributed by atoms with E-state index in [1.807, 2.05) is 44.2 Å². The molecule has 4 N–H and O–H groups in total. The lowest BCUT2D eigenvalue weighted by atomic mass is 10.0. The van der Waals surface area contributed by atoms with Gasteiger partial charge in [0.15, 0.2) is 0 Å². The normalized spacial score (nSPS) is 13.7. The number of aliphatic carboxylic acids is 2. The number of nitrogens with one attached hydrogen (secondary N) is 2. The minimum absolute atomic E-state index is 0.0862. The number of hydrogen-bond acceptors (Lipinski definition) is 5. The number of amides is 1. The molecule has 8 nitrogen and oxygen atoms in total. The Morgan fingerprint density at radius 2 is 1.48 bits per heavy atom. The van der Waals surface area contributed by atoms with E-state index in [1.54, 1.807) is 24.3 Å². The van der Waals surface area contributed by atoms with E-state index in [9.17, 15) is 19.5 Å². The van der Waals surface area contributed by atoms with Crippen LogP contribution in [0.4, 0.5) is 0 Å². The summed E-state index contributed by atoms with van der Waals surface area (Å²) in [6.07, 6.45) is 0.464. The predicted octanol–water partition coefficient (Wildman–Crippen LogP) is 2.85. The van der Waals surface area contributed by atoms with Crippen molar-refractivity contribution in [3.63, 3.8) is 0 Å². The van der Waals surface area contributed by atoms with Crippen LogP contribution < -0.4 is 15.4 Å². The van der Waals surface area contributed by atoms with Crippen LogP contribution in [0, 0.1) is 5.92 Å². The van der Waals surface area contributed by atoms with Crippen molar-refractivity contribution in [3.05, 3.63) is 65.7 Å². The van der Waals surface area contributed by atoms with E-state index in [0.29, 0.717) is 18.8 Å². The monoisotopic (exact) mass is 456 g/mol. The van der Waals surface area contributed by atoms with Gasteiger partial charge in [0, 0.05) is 6.42 Å². The molecule has 0 aromatic heterocycles. The number of carbonyl (C=O) groups excluding carboxylic acids is 1. The van der Waals surface area contributed by atoms with Crippen LogP contribution in [0.25, 0.3) is 0 Å². The molecule has 0 aliphatic carbocycles. The van der Waals surface area contributed by atoms with Gasteiger partial charge < -0.3 is 20.3 Å². The second kappa shape index (κ2) is 12.6. The summed E-state index contributed by atoms with van der Waals surface area (Å²) in [5.41, 5.74) is 1.76. The summed E-state index contributed by atoms with van der Waals surface area (Å²) in [6, 6.07) is 13.9. The maximum atomic E-state index is 12.8. The van der Waals surface area contributed by atoms with Crippen molar-refractivity contribution >= 4 is 17.8 Å². The Bertz CT molecular complexity index is 914. The van der Waals surface area contributed by atoms with Gasteiger partial charge in [-0.15, -0.1) is 0 Å². The topological polar surface area (TPSA) is 125 Å². The van der Waals surface area contributed by atoms with Crippen molar-refractivity contribution in [3.8, 4) is 5.75 Å². The molecule has 0 spiro atoms. The molecular weight excluding hydrogens is 424 g/mol. The molecule has 0 saturated carbocycles. The summed E-state index contributed by atoms with van der Waals surface area (Å²) in [5.74, 6) is -2.02. The Hall–Kier alpha value is -3.39. The number of hydrogen-bond donors (Lipinski definition) is 4. The van der Waals surface area contributed by atoms with Gasteiger partial charge in [0.05, 0.1) is 6.04 Å². The van der Waals surface area contributed by atoms with Crippen LogP contribution in [0.1, 0.15) is 38.3 Å². The van der Waals surface area contributed by atoms with E-state index in [2.05, 4.69) is 10.6 Å². The van der Waals surface area contributed by atoms with Crippen LogP contribution >= 0.6 is 0 Å². The van der Waals surface area contributed by atoms with Crippen molar-refractivity contribution < 1.29 is 29.3 Å². The summed E-state index contributed by atoms with van der Waals surface area (Å²) >= 11 is 0. The molecule has 0 fully saturated rings. The van der Waals surface area contributed by atoms with Crippen LogP contribution in [-0.4, -0.2) is 46.2 Å². The van der Waals surface area contributed by atoms with Gasteiger partial charge >= 0.3 is 11.9 Å². The molecule has 2 aromatic rings. The summed E-state index contributed by atoms with van der Waals surface area (Å²) in [5, 5.41) is 24.1. The lowest BCUT2D eigenvalue weighted by Gasteiger charge is -2.24. The van der Waals surface area contributed by atoms with Gasteiger partial charge in [0.2, 0.25) is 5.91 Å². The van der Waals surface area contributed by atoms with Crippen LogP contribution in [0.5, 0.6) is 5.75 Å². The highest BCUT2D eigenvalue weighted by Gasteiger charge is 2.28. The first-order chi connectivity index (χ1) is 15.7. The zero-order chi connectivity index (χ0) is 24.4. The van der Waals surface area contributed by atoms with E-state index in [0.717, 1.165) is 11.1 Å². The Morgan fingerprint density at radius 3 is 2.03 bits per heavy atom. The van der Waals surface area contributed by atoms with Gasteiger partial charge in [-0.05, 0) is 42.5 Å². The van der Waals surface area contributed by atoms with Crippen LogP contribution in [-0.2, 0) is 27.4 Å². The zero-order valence-electron chi connectivity index (χ0n) is 19.2. The van der Waals surface area contributed by atoms with E-state index in [4.69, 9.17) is 9.84 Å². The highest BCUT2D eigenvalue weighted by molar-refractivity contribution is 5.87. The Labute approximate surface area is 194 Å². The Balaban J connectivity index is 2.00. The summed E-state index contributed by atoms with van der Waals surface area (Å²) in [4.78, 5) is 35.7. The molecular formula is C25H32N2O6. The number of ether oxygens (including phenoxy) is 1. The van der Waals surface area contributed by atoms with Gasteiger partial charge in [-0.25, -0.2) is 4.79 Å². The molecule has 1 amide bonds. The molecule has 0 aliphatic heterocycles. The molecule has 2 aromatic carbocycles. The van der Waals surface area contributed by atoms with E-state index >= 15 is 0 Å². The molecule has 2 rings (SSSR count). The average Bonchev–Trinajstić information content (AvgIpc) is 2.77. The fraction of sp³-hybridized carbons (Fsp3) is 0.400. The van der Waals surface area contributed by atoms with Crippen molar-refractivity contribution in [2.75, 3.05) is 0 Å². The quantitative estimate of drug-likeness (QED) is 0.365. The molecule has 0 heterocycles. The van der Waals surface area contributed by atoms with Gasteiger partial charge in [-0.1, -0.05) is 56.3 Å². The van der Waals surface area contributed by atoms with Gasteiger partial charge in [-0.2, -0.15) is 0 Å². The standard InChI is InChI=1S/C25H32N2O6/c1-16(2)13-21(26-17(3)24(29)30)23(28)27-22(25(31)32)14-18-9-11-20(12-10-18)33-15-19-7-5-4-6-8-19/h4-12,16-17,21-22,26H,13-15H2,1-3H3,(H,27,28)(H,29,30)(H,31,32)/t17-,21+,22+/m1/s1. The number of carboxylic acids is 2. The maximum absolute atomic E-state index is 12.8. The average molecular weight is 457 g/mol. The SMILES string of the molecule is CC(C)C[C@H](N[C@H](C)C(=O)O)C(=O)N[C@@H](Cc1ccc(OCc2ccccc2)cc1)C(=O)O. The smallest absolute Gasteiger partial charge is 0.326 e. The maximum Gasteiger partial charge on any atom is 0.326 e. The fourth-order valence-electron chi connectivity index (χ4n) is 3.27. The number of rotatable bonds is 13. The molecule has 0 radical (unpaired) electrons. The minimum atomic E-state index is -1.16. The largest absolute Gasteiger partial charge is 0.489 e. The molecule has 8 heteroatoms. The lowest BCUT2D eigenvalue weighted by Crippen LogP contribution is -2.54. The van der Waals surface area contributed by atoms with Crippen molar-refractivity contribution in [2.24, 2.45) is 5.92 Å². The van der Waals surface area contributed by atoms with Gasteiger partial charge in [-0.3, -0.25) is 14.9 Å². The van der Waals surface area contributed by atoms with Crippen molar-refractivity contribution in [1.82, 2.24) is 10.6 Å². The molecule has 0 bridgehead atoms. The second-order valence-corrected chi connectivity index (χ2v) is 8.43. The lowest BCUT2D eigenvalue weighted by molar-refractivity contribution is -0.143. The van der Waals surface area contributed by atoms with Crippen LogP contribution in [0.3, 0.4) is 0 Å². The predicted molar refractivity (Wildman–Crippen MR) is 124 cm³/mol. The molecule has 3 atom stereocenters. The number of carbonyl (C=O) groups is 3. The van der Waals surface area contributed by atoms with Gasteiger partial charge in [0.1, 0.15) is 24.4 Å². The van der Waals surface area contributed by atoms with Crippen molar-refractivity contribution in [1.29, 1.82) is 0 Å². The Kier molecular flexibility index (Phi) is 9.87. The summed E-state index contributed by atoms with van der Waals surface area (Å²) in [6.45, 7) is 5.68. The molecule has 178 valence electrons. The highest BCUT2D eigenvalue weighted by atomic mass is 16.5. The third-order valence-corrected chi connectivity index (χ3v) is 5.07. The molecule has 0 saturated heterocycles. The van der Waals surface area contributed by atoms with Crippen molar-refractivity contribution in [2.45, 2.75) is 58.3 Å². The fourth-order valence-corrected chi connectivity index (χ4v) is 3.27. The summed E-state index contributed by atoms with van der Waals surface area (Å²) < 4.78 is 5.75. The first kappa shape index (κ1) is 25.9. The second-order valence-electron chi connectivity index (χ2n) is 8.43. The van der Waals surface area contributed by atoms with E-state index in [-0.39, 0.29) is 12.3 Å². The first-order valence-corrected chi connectivity index (χ1v) is 10.9. The van der Waals surface area contributed by atoms with E-state index in [1.165, 1.54) is 6.92 Å². The number of carboxylic acid groups (broad SMARTS) is 2. The third-order valence-electron chi connectivity index (χ3n) is 5.07.